The van der Waals surface area contributed by atoms with E-state index in [1.54, 1.807) is 24.1 Å². The monoisotopic (exact) mass is 498 g/mol. The zero-order valence-electron chi connectivity index (χ0n) is 21.2. The van der Waals surface area contributed by atoms with Crippen LogP contribution in [0.1, 0.15) is 25.0 Å². The Morgan fingerprint density at radius 1 is 0.806 bits per heavy atom. The van der Waals surface area contributed by atoms with Gasteiger partial charge in [0, 0.05) is 52.4 Å². The molecule has 0 aliphatic rings. The molecule has 0 spiro atoms. The van der Waals surface area contributed by atoms with Crippen molar-refractivity contribution in [1.29, 1.82) is 0 Å². The van der Waals surface area contributed by atoms with Crippen LogP contribution in [0.2, 0.25) is 0 Å². The molecule has 0 bridgehead atoms. The van der Waals surface area contributed by atoms with E-state index in [-0.39, 0.29) is 18.1 Å². The molecule has 0 atom stereocenters. The molecule has 194 valence electrons. The number of benzene rings is 2. The third kappa shape index (κ3) is 12.8. The summed E-state index contributed by atoms with van der Waals surface area (Å²) in [5.41, 5.74) is 3.79. The molecule has 2 aromatic rings. The van der Waals surface area contributed by atoms with Gasteiger partial charge in [0.05, 0.1) is 0 Å². The number of anilines is 2. The SMILES string of the molecule is C=O.CC(=O)N(C)CCc1ccc(NC(=O)C=O)cc1.CNc1ccc(CCN(C=O)C(C)=O)cc1. The van der Waals surface area contributed by atoms with E-state index in [4.69, 9.17) is 4.79 Å². The van der Waals surface area contributed by atoms with Gasteiger partial charge in [0.15, 0.2) is 0 Å². The summed E-state index contributed by atoms with van der Waals surface area (Å²) in [6, 6.07) is 15.1. The predicted molar refractivity (Wildman–Crippen MR) is 138 cm³/mol. The molecule has 36 heavy (non-hydrogen) atoms. The van der Waals surface area contributed by atoms with Gasteiger partial charge in [-0.25, -0.2) is 0 Å². The molecule has 2 rings (SSSR count). The first-order chi connectivity index (χ1) is 17.2. The van der Waals surface area contributed by atoms with Gasteiger partial charge in [-0.2, -0.15) is 0 Å². The molecule has 0 heterocycles. The van der Waals surface area contributed by atoms with E-state index in [9.17, 15) is 24.0 Å². The third-order valence-electron chi connectivity index (χ3n) is 5.02. The topological polar surface area (TPSA) is 133 Å². The second-order valence-electron chi connectivity index (χ2n) is 7.51. The highest BCUT2D eigenvalue weighted by Gasteiger charge is 2.06. The van der Waals surface area contributed by atoms with E-state index in [1.807, 2.05) is 50.2 Å². The fourth-order valence-electron chi connectivity index (χ4n) is 2.75. The van der Waals surface area contributed by atoms with Gasteiger partial charge >= 0.3 is 0 Å². The second kappa shape index (κ2) is 18.0. The molecule has 4 amide bonds. The fraction of sp³-hybridized carbons (Fsp3) is 0.308. The number of carbonyl (C=O) groups excluding carboxylic acids is 6. The summed E-state index contributed by atoms with van der Waals surface area (Å²) in [7, 11) is 3.61. The van der Waals surface area contributed by atoms with Crippen LogP contribution >= 0.6 is 0 Å². The van der Waals surface area contributed by atoms with Crippen LogP contribution in [-0.4, -0.2) is 74.2 Å². The van der Waals surface area contributed by atoms with Crippen LogP contribution < -0.4 is 10.6 Å². The molecule has 0 radical (unpaired) electrons. The maximum Gasteiger partial charge on any atom is 0.288 e. The summed E-state index contributed by atoms with van der Waals surface area (Å²) in [4.78, 5) is 64.4. The first-order valence-corrected chi connectivity index (χ1v) is 11.0. The molecule has 0 aliphatic heterocycles. The lowest BCUT2D eigenvalue weighted by Gasteiger charge is -2.14. The summed E-state index contributed by atoms with van der Waals surface area (Å²) in [6.07, 6.45) is 2.24. The highest BCUT2D eigenvalue weighted by molar-refractivity contribution is 6.29. The Morgan fingerprint density at radius 2 is 1.28 bits per heavy atom. The lowest BCUT2D eigenvalue weighted by Crippen LogP contribution is -2.29. The Hall–Kier alpha value is -4.34. The molecule has 0 fully saturated rings. The highest BCUT2D eigenvalue weighted by Crippen LogP contribution is 2.10. The summed E-state index contributed by atoms with van der Waals surface area (Å²) >= 11 is 0. The van der Waals surface area contributed by atoms with Crippen molar-refractivity contribution in [2.45, 2.75) is 26.7 Å². The molecular formula is C26H34N4O6. The smallest absolute Gasteiger partial charge is 0.288 e. The van der Waals surface area contributed by atoms with Gasteiger partial charge in [0.1, 0.15) is 6.79 Å². The number of likely N-dealkylation sites (N-methyl/N-ethyl adjacent to an activating group) is 1. The minimum Gasteiger partial charge on any atom is -0.388 e. The van der Waals surface area contributed by atoms with Crippen LogP contribution in [0.4, 0.5) is 11.4 Å². The van der Waals surface area contributed by atoms with Crippen LogP contribution in [-0.2, 0) is 41.6 Å². The number of amides is 4. The minimum atomic E-state index is -0.668. The van der Waals surface area contributed by atoms with Crippen molar-refractivity contribution in [2.24, 2.45) is 0 Å². The average molecular weight is 499 g/mol. The third-order valence-corrected chi connectivity index (χ3v) is 5.02. The number of hydrogen-bond acceptors (Lipinski definition) is 7. The molecule has 10 heteroatoms. The van der Waals surface area contributed by atoms with E-state index in [0.717, 1.165) is 23.2 Å². The molecule has 0 aliphatic carbocycles. The van der Waals surface area contributed by atoms with Gasteiger partial charge in [-0.1, -0.05) is 24.3 Å². The number of nitrogens with zero attached hydrogens (tertiary/aromatic N) is 2. The van der Waals surface area contributed by atoms with E-state index in [0.29, 0.717) is 31.6 Å². The van der Waals surface area contributed by atoms with Gasteiger partial charge in [-0.3, -0.25) is 28.9 Å². The van der Waals surface area contributed by atoms with E-state index >= 15 is 0 Å². The van der Waals surface area contributed by atoms with Crippen molar-refractivity contribution in [2.75, 3.05) is 37.8 Å². The quantitative estimate of drug-likeness (QED) is 0.378. The first kappa shape index (κ1) is 31.7. The summed E-state index contributed by atoms with van der Waals surface area (Å²) in [6.45, 7) is 5.99. The van der Waals surface area contributed by atoms with Gasteiger partial charge in [0.2, 0.25) is 24.5 Å². The van der Waals surface area contributed by atoms with Gasteiger partial charge in [-0.05, 0) is 48.2 Å². The largest absolute Gasteiger partial charge is 0.388 e. The predicted octanol–water partition coefficient (Wildman–Crippen LogP) is 1.94. The molecule has 0 unspecified atom stereocenters. The Bertz CT molecular complexity index is 977. The number of carbonyl (C=O) groups is 6. The number of hydrogen-bond donors (Lipinski definition) is 2. The van der Waals surface area contributed by atoms with Crippen molar-refractivity contribution in [3.8, 4) is 0 Å². The molecular weight excluding hydrogens is 464 g/mol. The Labute approximate surface area is 211 Å². The second-order valence-corrected chi connectivity index (χ2v) is 7.51. The Kier molecular flexibility index (Phi) is 15.9. The van der Waals surface area contributed by atoms with Crippen molar-refractivity contribution in [3.63, 3.8) is 0 Å². The lowest BCUT2D eigenvalue weighted by atomic mass is 10.1. The Balaban J connectivity index is 0.000000640. The van der Waals surface area contributed by atoms with E-state index in [2.05, 4.69) is 10.6 Å². The maximum absolute atomic E-state index is 11.0. The van der Waals surface area contributed by atoms with Gasteiger partial charge < -0.3 is 20.3 Å². The van der Waals surface area contributed by atoms with Gasteiger partial charge in [0.25, 0.3) is 5.91 Å². The fourth-order valence-corrected chi connectivity index (χ4v) is 2.75. The molecule has 0 saturated carbocycles. The van der Waals surface area contributed by atoms with E-state index < -0.39 is 5.91 Å². The van der Waals surface area contributed by atoms with Crippen molar-refractivity contribution < 1.29 is 28.8 Å². The summed E-state index contributed by atoms with van der Waals surface area (Å²) in [5, 5.41) is 5.46. The number of rotatable bonds is 10. The van der Waals surface area contributed by atoms with Crippen LogP contribution in [0.5, 0.6) is 0 Å². The van der Waals surface area contributed by atoms with Crippen LogP contribution in [0.25, 0.3) is 0 Å². The first-order valence-electron chi connectivity index (χ1n) is 11.0. The van der Waals surface area contributed by atoms with E-state index in [1.165, 1.54) is 18.7 Å². The molecule has 2 aromatic carbocycles. The Morgan fingerprint density at radius 3 is 1.67 bits per heavy atom. The van der Waals surface area contributed by atoms with Crippen LogP contribution in [0.15, 0.2) is 48.5 Å². The van der Waals surface area contributed by atoms with Crippen LogP contribution in [0, 0.1) is 0 Å². The van der Waals surface area contributed by atoms with Crippen molar-refractivity contribution in [1.82, 2.24) is 9.80 Å². The maximum atomic E-state index is 11.0. The number of aldehydes is 1. The number of imide groups is 1. The normalized spacial score (nSPS) is 9.22. The molecule has 0 saturated heterocycles. The zero-order chi connectivity index (χ0) is 27.5. The standard InChI is InChI=1S/C13H16N2O3.C12H16N2O2.CH2O/c1-10(17)15(2)8-7-11-3-5-12(6-4-11)14-13(18)9-16;1-10(16)14(9-15)8-7-11-3-5-12(13-2)6-4-11;1-2/h3-6,9H,7-8H2,1-2H3,(H,14,18);3-6,9,13H,7-8H2,1-2H3;1H2. The minimum absolute atomic E-state index is 0.0323. The van der Waals surface area contributed by atoms with Gasteiger partial charge in [-0.15, -0.1) is 0 Å². The molecule has 10 nitrogen and oxygen atoms in total. The molecule has 2 N–H and O–H groups in total. The van der Waals surface area contributed by atoms with Crippen molar-refractivity contribution in [3.05, 3.63) is 59.7 Å². The number of nitrogens with one attached hydrogen (secondary N) is 2. The lowest BCUT2D eigenvalue weighted by molar-refractivity contribution is -0.136. The summed E-state index contributed by atoms with van der Waals surface area (Å²) in [5.74, 6) is -0.856. The summed E-state index contributed by atoms with van der Waals surface area (Å²) < 4.78 is 0. The van der Waals surface area contributed by atoms with Crippen molar-refractivity contribution >= 4 is 48.6 Å². The van der Waals surface area contributed by atoms with Crippen LogP contribution in [0.3, 0.4) is 0 Å². The zero-order valence-corrected chi connectivity index (χ0v) is 21.2. The highest BCUT2D eigenvalue weighted by atomic mass is 16.2. The average Bonchev–Trinajstić information content (AvgIpc) is 2.90. The molecule has 0 aromatic heterocycles.